The zero-order chi connectivity index (χ0) is 13.0. The van der Waals surface area contributed by atoms with Crippen LogP contribution in [0.4, 0.5) is 0 Å². The Morgan fingerprint density at radius 3 is 3.06 bits per heavy atom. The van der Waals surface area contributed by atoms with Crippen LogP contribution in [0.5, 0.6) is 0 Å². The molecule has 0 bridgehead atoms. The van der Waals surface area contributed by atoms with Gasteiger partial charge in [0.15, 0.2) is 0 Å². The highest BCUT2D eigenvalue weighted by molar-refractivity contribution is 5.76. The zero-order valence-corrected chi connectivity index (χ0v) is 11.4. The molecule has 0 saturated carbocycles. The third kappa shape index (κ3) is 3.93. The van der Waals surface area contributed by atoms with Gasteiger partial charge in [-0.1, -0.05) is 0 Å². The number of carbonyl (C=O) groups is 1. The average molecular weight is 255 g/mol. The van der Waals surface area contributed by atoms with Crippen LogP contribution in [0.2, 0.25) is 0 Å². The lowest BCUT2D eigenvalue weighted by molar-refractivity contribution is -0.123. The molecule has 0 aromatic heterocycles. The minimum absolute atomic E-state index is 0.153. The van der Waals surface area contributed by atoms with E-state index < -0.39 is 0 Å². The first kappa shape index (κ1) is 13.8. The number of piperidine rings is 1. The topological polar surface area (TPSA) is 53.6 Å². The molecule has 18 heavy (non-hydrogen) atoms. The first-order valence-corrected chi connectivity index (χ1v) is 6.96. The molecule has 0 aromatic rings. The van der Waals surface area contributed by atoms with Crippen molar-refractivity contribution in [3.05, 3.63) is 0 Å². The molecule has 1 amide bonds. The number of hydrogen-bond donors (Lipinski definition) is 2. The van der Waals surface area contributed by atoms with E-state index in [9.17, 15) is 4.79 Å². The summed E-state index contributed by atoms with van der Waals surface area (Å²) in [6, 6.07) is 1.08. The van der Waals surface area contributed by atoms with Gasteiger partial charge in [-0.25, -0.2) is 0 Å². The van der Waals surface area contributed by atoms with Crippen molar-refractivity contribution in [2.75, 3.05) is 33.4 Å². The Labute approximate surface area is 109 Å². The third-order valence-corrected chi connectivity index (χ3v) is 4.00. The summed E-state index contributed by atoms with van der Waals surface area (Å²) in [5.74, 6) is 0.153. The largest absolute Gasteiger partial charge is 0.378 e. The van der Waals surface area contributed by atoms with E-state index >= 15 is 0 Å². The van der Waals surface area contributed by atoms with Gasteiger partial charge in [0.2, 0.25) is 5.91 Å². The van der Waals surface area contributed by atoms with Gasteiger partial charge >= 0.3 is 0 Å². The molecule has 2 saturated heterocycles. The number of nitrogens with one attached hydrogen (secondary N) is 2. The third-order valence-electron chi connectivity index (χ3n) is 4.00. The summed E-state index contributed by atoms with van der Waals surface area (Å²) in [5.41, 5.74) is 0. The van der Waals surface area contributed by atoms with Crippen molar-refractivity contribution in [3.8, 4) is 0 Å². The Hall–Kier alpha value is -0.650. The highest BCUT2D eigenvalue weighted by Gasteiger charge is 2.25. The van der Waals surface area contributed by atoms with Gasteiger partial charge in [0.05, 0.1) is 13.2 Å². The van der Waals surface area contributed by atoms with Crippen LogP contribution in [-0.4, -0.2) is 62.3 Å². The first-order valence-electron chi connectivity index (χ1n) is 6.96. The summed E-state index contributed by atoms with van der Waals surface area (Å²) >= 11 is 0. The zero-order valence-electron chi connectivity index (χ0n) is 11.4. The van der Waals surface area contributed by atoms with Crippen LogP contribution in [-0.2, 0) is 9.53 Å². The second-order valence-electron chi connectivity index (χ2n) is 5.55. The molecule has 2 aliphatic rings. The Kier molecular flexibility index (Phi) is 4.97. The summed E-state index contributed by atoms with van der Waals surface area (Å²) < 4.78 is 5.35. The van der Waals surface area contributed by atoms with E-state index in [0.717, 1.165) is 32.5 Å². The molecule has 3 unspecified atom stereocenters. The summed E-state index contributed by atoms with van der Waals surface area (Å²) in [6.07, 6.45) is 2.64. The molecule has 2 rings (SSSR count). The number of hydrogen-bond acceptors (Lipinski definition) is 4. The van der Waals surface area contributed by atoms with Crippen molar-refractivity contribution in [3.63, 3.8) is 0 Å². The van der Waals surface area contributed by atoms with Gasteiger partial charge in [-0.15, -0.1) is 0 Å². The minimum atomic E-state index is 0.153. The Bertz CT molecular complexity index is 279. The maximum absolute atomic E-state index is 11.9. The summed E-state index contributed by atoms with van der Waals surface area (Å²) in [4.78, 5) is 14.3. The summed E-state index contributed by atoms with van der Waals surface area (Å²) in [6.45, 7) is 5.54. The molecule has 2 fully saturated rings. The lowest BCUT2D eigenvalue weighted by atomic mass is 9.98. The van der Waals surface area contributed by atoms with E-state index in [4.69, 9.17) is 4.74 Å². The predicted molar refractivity (Wildman–Crippen MR) is 70.5 cm³/mol. The van der Waals surface area contributed by atoms with Crippen molar-refractivity contribution >= 4 is 5.91 Å². The van der Waals surface area contributed by atoms with E-state index in [1.165, 1.54) is 0 Å². The Morgan fingerprint density at radius 2 is 2.39 bits per heavy atom. The van der Waals surface area contributed by atoms with Gasteiger partial charge in [-0.2, -0.15) is 0 Å². The maximum atomic E-state index is 11.9. The Morgan fingerprint density at radius 1 is 1.56 bits per heavy atom. The van der Waals surface area contributed by atoms with Gasteiger partial charge in [0.1, 0.15) is 0 Å². The molecule has 2 aliphatic heterocycles. The predicted octanol–water partition coefficient (Wildman–Crippen LogP) is -0.0362. The number of likely N-dealkylation sites (tertiary alicyclic amines) is 1. The van der Waals surface area contributed by atoms with Gasteiger partial charge in [-0.3, -0.25) is 4.79 Å². The molecule has 2 heterocycles. The van der Waals surface area contributed by atoms with Crippen molar-refractivity contribution in [2.24, 2.45) is 0 Å². The number of amides is 1. The molecule has 0 aliphatic carbocycles. The fourth-order valence-electron chi connectivity index (χ4n) is 2.68. The highest BCUT2D eigenvalue weighted by Crippen LogP contribution is 2.15. The monoisotopic (exact) mass is 255 g/mol. The van der Waals surface area contributed by atoms with E-state index in [0.29, 0.717) is 25.1 Å². The summed E-state index contributed by atoms with van der Waals surface area (Å²) in [5, 5.41) is 6.46. The lowest BCUT2D eigenvalue weighted by Gasteiger charge is -2.35. The SMILES string of the molecule is CC1CC(NC(=O)CC2COCCN2)CCN1C. The smallest absolute Gasteiger partial charge is 0.221 e. The normalized spacial score (nSPS) is 34.2. The van der Waals surface area contributed by atoms with Crippen molar-refractivity contribution in [2.45, 2.75) is 44.3 Å². The van der Waals surface area contributed by atoms with Crippen LogP contribution >= 0.6 is 0 Å². The van der Waals surface area contributed by atoms with Crippen LogP contribution in [0, 0.1) is 0 Å². The molecule has 0 spiro atoms. The molecule has 3 atom stereocenters. The van der Waals surface area contributed by atoms with Gasteiger partial charge in [-0.05, 0) is 26.8 Å². The van der Waals surface area contributed by atoms with Crippen LogP contribution < -0.4 is 10.6 Å². The summed E-state index contributed by atoms with van der Waals surface area (Å²) in [7, 11) is 2.14. The van der Waals surface area contributed by atoms with Crippen molar-refractivity contribution in [1.82, 2.24) is 15.5 Å². The molecular formula is C13H25N3O2. The number of morpholine rings is 1. The molecule has 5 heteroatoms. The molecule has 5 nitrogen and oxygen atoms in total. The van der Waals surface area contributed by atoms with E-state index in [2.05, 4.69) is 29.5 Å². The molecule has 2 N–H and O–H groups in total. The second-order valence-corrected chi connectivity index (χ2v) is 5.55. The van der Waals surface area contributed by atoms with Crippen molar-refractivity contribution < 1.29 is 9.53 Å². The van der Waals surface area contributed by atoms with Crippen LogP contribution in [0.15, 0.2) is 0 Å². The molecule has 104 valence electrons. The van der Waals surface area contributed by atoms with Gasteiger partial charge < -0.3 is 20.3 Å². The van der Waals surface area contributed by atoms with Crippen molar-refractivity contribution in [1.29, 1.82) is 0 Å². The second kappa shape index (κ2) is 6.50. The van der Waals surface area contributed by atoms with E-state index in [-0.39, 0.29) is 11.9 Å². The van der Waals surface area contributed by atoms with Gasteiger partial charge in [0.25, 0.3) is 0 Å². The minimum Gasteiger partial charge on any atom is -0.378 e. The van der Waals surface area contributed by atoms with Gasteiger partial charge in [0, 0.05) is 37.6 Å². The number of nitrogens with zero attached hydrogens (tertiary/aromatic N) is 1. The fraction of sp³-hybridized carbons (Fsp3) is 0.923. The molecule has 0 radical (unpaired) electrons. The Balaban J connectivity index is 1.70. The maximum Gasteiger partial charge on any atom is 0.221 e. The number of rotatable bonds is 3. The highest BCUT2D eigenvalue weighted by atomic mass is 16.5. The van der Waals surface area contributed by atoms with Crippen LogP contribution in [0.25, 0.3) is 0 Å². The average Bonchev–Trinajstić information content (AvgIpc) is 2.35. The number of carbonyl (C=O) groups excluding carboxylic acids is 1. The quantitative estimate of drug-likeness (QED) is 0.743. The standard InChI is InChI=1S/C13H25N3O2/c1-10-7-11(3-5-16(10)2)15-13(17)8-12-9-18-6-4-14-12/h10-12,14H,3-9H2,1-2H3,(H,15,17). The van der Waals surface area contributed by atoms with E-state index in [1.807, 2.05) is 0 Å². The van der Waals surface area contributed by atoms with E-state index in [1.54, 1.807) is 0 Å². The number of ether oxygens (including phenoxy) is 1. The molecule has 0 aromatic carbocycles. The fourth-order valence-corrected chi connectivity index (χ4v) is 2.68. The van der Waals surface area contributed by atoms with Crippen LogP contribution in [0.3, 0.4) is 0 Å². The lowest BCUT2D eigenvalue weighted by Crippen LogP contribution is -2.49. The first-order chi connectivity index (χ1) is 8.65. The molecular weight excluding hydrogens is 230 g/mol. The van der Waals surface area contributed by atoms with Crippen LogP contribution in [0.1, 0.15) is 26.2 Å².